The van der Waals surface area contributed by atoms with Crippen LogP contribution in [-0.4, -0.2) is 19.7 Å². The maximum Gasteiger partial charge on any atom is 0.179 e. The number of rotatable bonds is 4. The molecule has 0 amide bonds. The average molecular weight is 282 g/mol. The van der Waals surface area contributed by atoms with Crippen molar-refractivity contribution < 1.29 is 8.42 Å². The van der Waals surface area contributed by atoms with E-state index in [1.54, 1.807) is 29.7 Å². The van der Waals surface area contributed by atoms with Gasteiger partial charge in [0.05, 0.1) is 0 Å². The van der Waals surface area contributed by atoms with Gasteiger partial charge in [0.2, 0.25) is 0 Å². The van der Waals surface area contributed by atoms with Crippen molar-refractivity contribution in [3.63, 3.8) is 0 Å². The third-order valence-corrected chi connectivity index (χ3v) is 4.62. The van der Waals surface area contributed by atoms with Crippen LogP contribution in [0.25, 0.3) is 0 Å². The van der Waals surface area contributed by atoms with Gasteiger partial charge in [-0.05, 0) is 40.9 Å². The van der Waals surface area contributed by atoms with Crippen molar-refractivity contribution in [3.8, 4) is 0 Å². The molecule has 2 aromatic rings. The molecule has 0 aliphatic carbocycles. The highest BCUT2D eigenvalue weighted by Gasteiger charge is 2.13. The van der Waals surface area contributed by atoms with Crippen LogP contribution >= 0.6 is 11.3 Å². The number of hydrogen-bond donors (Lipinski definition) is 1. The normalized spacial score (nSPS) is 11.4. The average Bonchev–Trinajstić information content (AvgIpc) is 2.71. The summed E-state index contributed by atoms with van der Waals surface area (Å²) >= 11 is 1.63. The maximum absolute atomic E-state index is 11.6. The Morgan fingerprint density at radius 1 is 1.39 bits per heavy atom. The molecule has 0 spiro atoms. The zero-order valence-corrected chi connectivity index (χ0v) is 11.8. The number of aromatic nitrogens is 1. The Morgan fingerprint density at radius 2 is 2.17 bits per heavy atom. The second kappa shape index (κ2) is 5.07. The third-order valence-electron chi connectivity index (χ3n) is 2.58. The van der Waals surface area contributed by atoms with Gasteiger partial charge in [-0.25, -0.2) is 13.4 Å². The van der Waals surface area contributed by atoms with Crippen LogP contribution in [0.5, 0.6) is 0 Å². The van der Waals surface area contributed by atoms with Gasteiger partial charge in [-0.3, -0.25) is 0 Å². The SMILES string of the molecule is Cc1cscc1CNc1ncccc1S(C)(=O)=O. The second-order valence-corrected chi connectivity index (χ2v) is 6.78. The van der Waals surface area contributed by atoms with E-state index in [0.717, 1.165) is 5.56 Å². The summed E-state index contributed by atoms with van der Waals surface area (Å²) in [6.45, 7) is 2.61. The number of anilines is 1. The Labute approximate surface area is 111 Å². The Kier molecular flexibility index (Phi) is 3.68. The van der Waals surface area contributed by atoms with Gasteiger partial charge in [-0.15, -0.1) is 0 Å². The summed E-state index contributed by atoms with van der Waals surface area (Å²) < 4.78 is 23.2. The van der Waals surface area contributed by atoms with Gasteiger partial charge < -0.3 is 5.32 Å². The van der Waals surface area contributed by atoms with E-state index in [2.05, 4.69) is 15.7 Å². The highest BCUT2D eigenvalue weighted by Crippen LogP contribution is 2.20. The smallest absolute Gasteiger partial charge is 0.179 e. The van der Waals surface area contributed by atoms with E-state index in [4.69, 9.17) is 0 Å². The largest absolute Gasteiger partial charge is 0.365 e. The zero-order valence-electron chi connectivity index (χ0n) is 10.2. The Morgan fingerprint density at radius 3 is 2.78 bits per heavy atom. The lowest BCUT2D eigenvalue weighted by Gasteiger charge is -2.09. The van der Waals surface area contributed by atoms with Crippen LogP contribution in [0.2, 0.25) is 0 Å². The van der Waals surface area contributed by atoms with E-state index in [1.165, 1.54) is 11.8 Å². The maximum atomic E-state index is 11.6. The van der Waals surface area contributed by atoms with Crippen molar-refractivity contribution in [1.29, 1.82) is 0 Å². The van der Waals surface area contributed by atoms with Gasteiger partial charge in [0, 0.05) is 19.0 Å². The lowest BCUT2D eigenvalue weighted by Crippen LogP contribution is -2.07. The quantitative estimate of drug-likeness (QED) is 0.936. The molecule has 0 aliphatic heterocycles. The molecule has 0 radical (unpaired) electrons. The number of nitrogens with zero attached hydrogens (tertiary/aromatic N) is 1. The van der Waals surface area contributed by atoms with Crippen LogP contribution in [0.4, 0.5) is 5.82 Å². The topological polar surface area (TPSA) is 59.1 Å². The van der Waals surface area contributed by atoms with Crippen molar-refractivity contribution in [2.24, 2.45) is 0 Å². The number of pyridine rings is 1. The van der Waals surface area contributed by atoms with Gasteiger partial charge in [-0.1, -0.05) is 0 Å². The molecule has 0 aromatic carbocycles. The first-order chi connectivity index (χ1) is 8.48. The summed E-state index contributed by atoms with van der Waals surface area (Å²) in [6, 6.07) is 3.18. The van der Waals surface area contributed by atoms with Gasteiger partial charge in [0.1, 0.15) is 10.7 Å². The summed E-state index contributed by atoms with van der Waals surface area (Å²) in [5, 5.41) is 7.19. The van der Waals surface area contributed by atoms with Crippen molar-refractivity contribution in [2.75, 3.05) is 11.6 Å². The molecule has 18 heavy (non-hydrogen) atoms. The number of nitrogens with one attached hydrogen (secondary N) is 1. The number of aryl methyl sites for hydroxylation is 1. The van der Waals surface area contributed by atoms with E-state index >= 15 is 0 Å². The van der Waals surface area contributed by atoms with E-state index in [9.17, 15) is 8.42 Å². The first kappa shape index (κ1) is 13.0. The summed E-state index contributed by atoms with van der Waals surface area (Å²) in [5.41, 5.74) is 2.36. The van der Waals surface area contributed by atoms with E-state index in [0.29, 0.717) is 12.4 Å². The van der Waals surface area contributed by atoms with Crippen LogP contribution in [-0.2, 0) is 16.4 Å². The molecule has 2 rings (SSSR count). The molecular weight excluding hydrogens is 268 g/mol. The molecule has 0 unspecified atom stereocenters. The molecule has 2 heterocycles. The third kappa shape index (κ3) is 2.88. The highest BCUT2D eigenvalue weighted by atomic mass is 32.2. The standard InChI is InChI=1S/C12H14N2O2S2/c1-9-7-17-8-10(9)6-14-12-11(18(2,15)16)4-3-5-13-12/h3-5,7-8H,6H2,1-2H3,(H,13,14). The van der Waals surface area contributed by atoms with Gasteiger partial charge in [-0.2, -0.15) is 11.3 Å². The number of thiophene rings is 1. The van der Waals surface area contributed by atoms with Crippen LogP contribution < -0.4 is 5.32 Å². The lowest BCUT2D eigenvalue weighted by molar-refractivity contribution is 0.601. The fraction of sp³-hybridized carbons (Fsp3) is 0.250. The summed E-state index contributed by atoms with van der Waals surface area (Å²) in [7, 11) is -3.26. The molecule has 1 N–H and O–H groups in total. The van der Waals surface area contributed by atoms with Gasteiger partial charge in [0.15, 0.2) is 9.84 Å². The van der Waals surface area contributed by atoms with E-state index in [-0.39, 0.29) is 4.90 Å². The molecule has 0 saturated heterocycles. The van der Waals surface area contributed by atoms with Crippen molar-refractivity contribution in [3.05, 3.63) is 40.2 Å². The first-order valence-corrected chi connectivity index (χ1v) is 8.22. The van der Waals surface area contributed by atoms with Crippen LogP contribution in [0, 0.1) is 6.92 Å². The molecule has 0 aliphatic rings. The van der Waals surface area contributed by atoms with Gasteiger partial charge in [0.25, 0.3) is 0 Å². The van der Waals surface area contributed by atoms with E-state index in [1.807, 2.05) is 12.3 Å². The van der Waals surface area contributed by atoms with Crippen molar-refractivity contribution in [2.45, 2.75) is 18.4 Å². The minimum atomic E-state index is -3.26. The first-order valence-electron chi connectivity index (χ1n) is 5.39. The Bertz CT molecular complexity index is 648. The Balaban J connectivity index is 2.23. The molecule has 0 saturated carbocycles. The Hall–Kier alpha value is -1.40. The van der Waals surface area contributed by atoms with E-state index < -0.39 is 9.84 Å². The predicted octanol–water partition coefficient (Wildman–Crippen LogP) is 2.47. The highest BCUT2D eigenvalue weighted by molar-refractivity contribution is 7.90. The fourth-order valence-electron chi connectivity index (χ4n) is 1.57. The van der Waals surface area contributed by atoms with Crippen molar-refractivity contribution >= 4 is 27.0 Å². The number of hydrogen-bond acceptors (Lipinski definition) is 5. The van der Waals surface area contributed by atoms with Crippen molar-refractivity contribution in [1.82, 2.24) is 4.98 Å². The zero-order chi connectivity index (χ0) is 13.2. The number of sulfone groups is 1. The molecule has 0 fully saturated rings. The fourth-order valence-corrected chi connectivity index (χ4v) is 3.23. The lowest BCUT2D eigenvalue weighted by atomic mass is 10.2. The predicted molar refractivity (Wildman–Crippen MR) is 73.7 cm³/mol. The van der Waals surface area contributed by atoms with Gasteiger partial charge >= 0.3 is 0 Å². The summed E-state index contributed by atoms with van der Waals surface area (Å²) in [4.78, 5) is 4.32. The molecule has 0 atom stereocenters. The molecule has 96 valence electrons. The molecule has 4 nitrogen and oxygen atoms in total. The minimum Gasteiger partial charge on any atom is -0.365 e. The van der Waals surface area contributed by atoms with Crippen LogP contribution in [0.15, 0.2) is 34.0 Å². The summed E-state index contributed by atoms with van der Waals surface area (Å²) in [6.07, 6.45) is 2.77. The second-order valence-electron chi connectivity index (χ2n) is 4.06. The van der Waals surface area contributed by atoms with Crippen LogP contribution in [0.1, 0.15) is 11.1 Å². The molecular formula is C12H14N2O2S2. The van der Waals surface area contributed by atoms with Crippen LogP contribution in [0.3, 0.4) is 0 Å². The molecule has 2 aromatic heterocycles. The molecule has 0 bridgehead atoms. The monoisotopic (exact) mass is 282 g/mol. The minimum absolute atomic E-state index is 0.234. The summed E-state index contributed by atoms with van der Waals surface area (Å²) in [5.74, 6) is 0.408. The molecule has 6 heteroatoms.